The molecule has 3 heteroatoms. The summed E-state index contributed by atoms with van der Waals surface area (Å²) in [6.45, 7) is 1.87. The summed E-state index contributed by atoms with van der Waals surface area (Å²) in [5.74, 6) is 0.0714. The molecule has 1 unspecified atom stereocenters. The van der Waals surface area contributed by atoms with E-state index in [1.807, 2.05) is 6.07 Å². The van der Waals surface area contributed by atoms with Crippen molar-refractivity contribution in [2.75, 3.05) is 13.6 Å². The molecule has 0 aliphatic carbocycles. The van der Waals surface area contributed by atoms with Gasteiger partial charge in [-0.2, -0.15) is 0 Å². The zero-order valence-corrected chi connectivity index (χ0v) is 12.9. The van der Waals surface area contributed by atoms with E-state index in [4.69, 9.17) is 0 Å². The van der Waals surface area contributed by atoms with Crippen LogP contribution in [0.3, 0.4) is 0 Å². The van der Waals surface area contributed by atoms with Gasteiger partial charge in [0.15, 0.2) is 0 Å². The molecule has 0 bridgehead atoms. The van der Waals surface area contributed by atoms with E-state index in [2.05, 4.69) is 48.0 Å². The average Bonchev–Trinajstić information content (AvgIpc) is 2.88. The van der Waals surface area contributed by atoms with Gasteiger partial charge in [0.25, 0.3) is 0 Å². The maximum Gasteiger partial charge on any atom is 0.123 e. The summed E-state index contributed by atoms with van der Waals surface area (Å²) in [5, 5.41) is 1.31. The molecule has 0 saturated carbocycles. The number of rotatable bonds is 1. The second-order valence-electron chi connectivity index (χ2n) is 6.30. The summed E-state index contributed by atoms with van der Waals surface area (Å²) in [5.41, 5.74) is 5.03. The van der Waals surface area contributed by atoms with Crippen LogP contribution in [0, 0.1) is 5.82 Å². The fourth-order valence-corrected chi connectivity index (χ4v) is 3.69. The van der Waals surface area contributed by atoms with E-state index in [9.17, 15) is 4.39 Å². The SMILES string of the molecule is CN1Cc2c(ccc3c2ccn3C)C(c2cccc(F)c2)C1. The molecular weight excluding hydrogens is 275 g/mol. The Morgan fingerprint density at radius 2 is 1.95 bits per heavy atom. The number of fused-ring (bicyclic) bond motifs is 3. The Morgan fingerprint density at radius 1 is 1.09 bits per heavy atom. The highest BCUT2D eigenvalue weighted by Gasteiger charge is 2.26. The zero-order chi connectivity index (χ0) is 15.3. The number of benzene rings is 2. The number of hydrogen-bond acceptors (Lipinski definition) is 1. The van der Waals surface area contributed by atoms with Gasteiger partial charge in [0.1, 0.15) is 5.82 Å². The van der Waals surface area contributed by atoms with E-state index in [0.29, 0.717) is 0 Å². The lowest BCUT2D eigenvalue weighted by Gasteiger charge is -2.33. The molecule has 1 aliphatic rings. The van der Waals surface area contributed by atoms with Gasteiger partial charge in [-0.3, -0.25) is 0 Å². The van der Waals surface area contributed by atoms with Crippen molar-refractivity contribution in [2.45, 2.75) is 12.5 Å². The first kappa shape index (κ1) is 13.5. The number of aryl methyl sites for hydroxylation is 1. The second-order valence-corrected chi connectivity index (χ2v) is 6.30. The summed E-state index contributed by atoms with van der Waals surface area (Å²) >= 11 is 0. The Hall–Kier alpha value is -2.13. The van der Waals surface area contributed by atoms with Crippen molar-refractivity contribution in [3.05, 3.63) is 71.2 Å². The molecule has 1 aromatic heterocycles. The zero-order valence-electron chi connectivity index (χ0n) is 12.9. The highest BCUT2D eigenvalue weighted by molar-refractivity contribution is 5.85. The van der Waals surface area contributed by atoms with Crippen LogP contribution < -0.4 is 0 Å². The van der Waals surface area contributed by atoms with Crippen LogP contribution in [0.15, 0.2) is 48.7 Å². The molecule has 0 saturated heterocycles. The molecule has 22 heavy (non-hydrogen) atoms. The molecular formula is C19H19FN2. The van der Waals surface area contributed by atoms with Gasteiger partial charge in [0, 0.05) is 43.2 Å². The maximum atomic E-state index is 13.6. The normalized spacial score (nSPS) is 18.6. The van der Waals surface area contributed by atoms with E-state index in [-0.39, 0.29) is 11.7 Å². The van der Waals surface area contributed by atoms with Gasteiger partial charge in [-0.25, -0.2) is 4.39 Å². The van der Waals surface area contributed by atoms with Gasteiger partial charge in [0.2, 0.25) is 0 Å². The number of halogens is 1. The van der Waals surface area contributed by atoms with Crippen LogP contribution in [0.5, 0.6) is 0 Å². The van der Waals surface area contributed by atoms with E-state index in [1.165, 1.54) is 28.1 Å². The predicted molar refractivity (Wildman–Crippen MR) is 87.5 cm³/mol. The number of likely N-dealkylation sites (N-methyl/N-ethyl adjacent to an activating group) is 1. The molecule has 0 amide bonds. The van der Waals surface area contributed by atoms with Crippen LogP contribution in [0.25, 0.3) is 10.9 Å². The Labute approximate surface area is 129 Å². The van der Waals surface area contributed by atoms with Crippen LogP contribution in [0.2, 0.25) is 0 Å². The van der Waals surface area contributed by atoms with E-state index < -0.39 is 0 Å². The quantitative estimate of drug-likeness (QED) is 0.661. The minimum atomic E-state index is -0.159. The van der Waals surface area contributed by atoms with E-state index in [0.717, 1.165) is 18.7 Å². The van der Waals surface area contributed by atoms with Gasteiger partial charge < -0.3 is 9.47 Å². The number of nitrogens with zero attached hydrogens (tertiary/aromatic N) is 2. The number of aromatic nitrogens is 1. The average molecular weight is 294 g/mol. The van der Waals surface area contributed by atoms with Crippen LogP contribution in [0.4, 0.5) is 4.39 Å². The molecule has 1 atom stereocenters. The fourth-order valence-electron chi connectivity index (χ4n) is 3.69. The lowest BCUT2D eigenvalue weighted by atomic mass is 9.83. The van der Waals surface area contributed by atoms with Gasteiger partial charge >= 0.3 is 0 Å². The van der Waals surface area contributed by atoms with Gasteiger partial charge in [-0.1, -0.05) is 18.2 Å². The third-order valence-corrected chi connectivity index (χ3v) is 4.76. The molecule has 2 heterocycles. The standard InChI is InChI=1S/C19H19FN2/c1-21-11-17(13-4-3-5-14(20)10-13)15-6-7-19-16(18(15)12-21)8-9-22(19)2/h3-10,17H,11-12H2,1-2H3. The first-order valence-corrected chi connectivity index (χ1v) is 7.64. The van der Waals surface area contributed by atoms with Gasteiger partial charge in [-0.15, -0.1) is 0 Å². The van der Waals surface area contributed by atoms with Crippen molar-refractivity contribution >= 4 is 10.9 Å². The minimum absolute atomic E-state index is 0.159. The lowest BCUT2D eigenvalue weighted by molar-refractivity contribution is 0.296. The van der Waals surface area contributed by atoms with Crippen LogP contribution in [-0.2, 0) is 13.6 Å². The van der Waals surface area contributed by atoms with Crippen molar-refractivity contribution in [3.63, 3.8) is 0 Å². The fraction of sp³-hybridized carbons (Fsp3) is 0.263. The Kier molecular flexibility index (Phi) is 3.05. The van der Waals surface area contributed by atoms with Gasteiger partial charge in [0.05, 0.1) is 0 Å². The summed E-state index contributed by atoms with van der Waals surface area (Å²) in [7, 11) is 4.21. The van der Waals surface area contributed by atoms with Crippen LogP contribution in [0.1, 0.15) is 22.6 Å². The molecule has 0 fully saturated rings. The molecule has 3 aromatic rings. The highest BCUT2D eigenvalue weighted by atomic mass is 19.1. The highest BCUT2D eigenvalue weighted by Crippen LogP contribution is 2.37. The van der Waals surface area contributed by atoms with Crippen molar-refractivity contribution in [3.8, 4) is 0 Å². The molecule has 2 nitrogen and oxygen atoms in total. The van der Waals surface area contributed by atoms with E-state index in [1.54, 1.807) is 12.1 Å². The summed E-state index contributed by atoms with van der Waals surface area (Å²) in [6.07, 6.45) is 2.11. The van der Waals surface area contributed by atoms with Crippen LogP contribution in [-0.4, -0.2) is 23.1 Å². The monoisotopic (exact) mass is 294 g/mol. The van der Waals surface area contributed by atoms with E-state index >= 15 is 0 Å². The second kappa shape index (κ2) is 4.96. The smallest absolute Gasteiger partial charge is 0.123 e. The Morgan fingerprint density at radius 3 is 2.77 bits per heavy atom. The van der Waals surface area contributed by atoms with Crippen LogP contribution >= 0.6 is 0 Å². The molecule has 112 valence electrons. The molecule has 0 radical (unpaired) electrons. The summed E-state index contributed by atoms with van der Waals surface area (Å²) < 4.78 is 15.8. The Bertz CT molecular complexity index is 850. The predicted octanol–water partition coefficient (Wildman–Crippen LogP) is 3.89. The lowest BCUT2D eigenvalue weighted by Crippen LogP contribution is -2.31. The van der Waals surface area contributed by atoms with Crippen molar-refractivity contribution in [2.24, 2.45) is 7.05 Å². The minimum Gasteiger partial charge on any atom is -0.351 e. The Balaban J connectivity index is 1.92. The molecule has 0 N–H and O–H groups in total. The van der Waals surface area contributed by atoms with Crippen molar-refractivity contribution in [1.29, 1.82) is 0 Å². The number of hydrogen-bond donors (Lipinski definition) is 0. The summed E-state index contributed by atoms with van der Waals surface area (Å²) in [4.78, 5) is 2.32. The molecule has 0 spiro atoms. The third-order valence-electron chi connectivity index (χ3n) is 4.76. The maximum absolute atomic E-state index is 13.6. The topological polar surface area (TPSA) is 8.17 Å². The van der Waals surface area contributed by atoms with Crippen molar-refractivity contribution in [1.82, 2.24) is 9.47 Å². The first-order chi connectivity index (χ1) is 10.6. The first-order valence-electron chi connectivity index (χ1n) is 7.64. The molecule has 1 aliphatic heterocycles. The van der Waals surface area contributed by atoms with Gasteiger partial charge in [-0.05, 0) is 48.0 Å². The third kappa shape index (κ3) is 2.04. The molecule has 4 rings (SSSR count). The summed E-state index contributed by atoms with van der Waals surface area (Å²) in [6, 6.07) is 13.6. The molecule has 2 aromatic carbocycles. The van der Waals surface area contributed by atoms with Crippen molar-refractivity contribution < 1.29 is 4.39 Å². The largest absolute Gasteiger partial charge is 0.351 e.